The molecular formula is C14H13NO5. The first-order valence-electron chi connectivity index (χ1n) is 5.80. The van der Waals surface area contributed by atoms with E-state index in [1.54, 1.807) is 30.3 Å². The molecule has 0 aliphatic carbocycles. The summed E-state index contributed by atoms with van der Waals surface area (Å²) >= 11 is 0. The van der Waals surface area contributed by atoms with E-state index in [1.165, 1.54) is 19.4 Å². The number of hydrogen-bond donors (Lipinski definition) is 1. The highest BCUT2D eigenvalue weighted by atomic mass is 16.6. The van der Waals surface area contributed by atoms with E-state index in [2.05, 4.69) is 4.74 Å². The minimum atomic E-state index is -1.10. The van der Waals surface area contributed by atoms with E-state index >= 15 is 0 Å². The zero-order valence-electron chi connectivity index (χ0n) is 10.7. The molecule has 1 amide bonds. The van der Waals surface area contributed by atoms with Gasteiger partial charge < -0.3 is 19.6 Å². The van der Waals surface area contributed by atoms with Crippen LogP contribution in [0.3, 0.4) is 0 Å². The summed E-state index contributed by atoms with van der Waals surface area (Å²) in [6.45, 7) is 0. The highest BCUT2D eigenvalue weighted by molar-refractivity contribution is 5.95. The maximum absolute atomic E-state index is 11.8. The fraction of sp³-hybridized carbons (Fsp3) is 0.143. The van der Waals surface area contributed by atoms with Gasteiger partial charge in [-0.1, -0.05) is 12.1 Å². The minimum absolute atomic E-state index is 0.174. The molecule has 0 radical (unpaired) electrons. The number of nitrogens with two attached hydrogens (primary N) is 1. The Morgan fingerprint density at radius 1 is 1.20 bits per heavy atom. The summed E-state index contributed by atoms with van der Waals surface area (Å²) in [6, 6.07) is 9.56. The second-order valence-electron chi connectivity index (χ2n) is 3.90. The predicted octanol–water partition coefficient (Wildman–Crippen LogP) is 1.67. The van der Waals surface area contributed by atoms with Crippen LogP contribution in [0.25, 0.3) is 0 Å². The van der Waals surface area contributed by atoms with Crippen LogP contribution in [0.5, 0.6) is 5.75 Å². The normalized spacial score (nSPS) is 11.7. The van der Waals surface area contributed by atoms with Crippen molar-refractivity contribution in [1.29, 1.82) is 0 Å². The van der Waals surface area contributed by atoms with Gasteiger partial charge in [-0.25, -0.2) is 4.79 Å². The molecule has 2 rings (SSSR count). The Kier molecular flexibility index (Phi) is 4.05. The van der Waals surface area contributed by atoms with Crippen molar-refractivity contribution in [3.05, 3.63) is 54.0 Å². The van der Waals surface area contributed by atoms with Gasteiger partial charge in [0.2, 0.25) is 0 Å². The van der Waals surface area contributed by atoms with Gasteiger partial charge in [-0.15, -0.1) is 0 Å². The standard InChI is InChI=1S/C14H13NO5/c1-18-14(17)12(11-7-4-8-19-11)20-10-6-3-2-5-9(10)13(15)16/h2-8,12H,1H3,(H2,15,16). The number of carbonyl (C=O) groups excluding carboxylic acids is 2. The maximum Gasteiger partial charge on any atom is 0.355 e. The van der Waals surface area contributed by atoms with E-state index < -0.39 is 18.0 Å². The zero-order valence-corrected chi connectivity index (χ0v) is 10.7. The largest absolute Gasteiger partial charge is 0.470 e. The number of methoxy groups -OCH3 is 1. The Hall–Kier alpha value is -2.76. The van der Waals surface area contributed by atoms with Gasteiger partial charge in [0.05, 0.1) is 18.9 Å². The monoisotopic (exact) mass is 275 g/mol. The molecule has 0 spiro atoms. The van der Waals surface area contributed by atoms with Crippen molar-refractivity contribution in [1.82, 2.24) is 0 Å². The summed E-state index contributed by atoms with van der Waals surface area (Å²) in [5.41, 5.74) is 5.43. The molecule has 0 aliphatic heterocycles. The van der Waals surface area contributed by atoms with Gasteiger partial charge in [0.1, 0.15) is 5.75 Å². The molecule has 0 fully saturated rings. The molecule has 2 N–H and O–H groups in total. The number of ether oxygens (including phenoxy) is 2. The molecule has 0 bridgehead atoms. The Morgan fingerprint density at radius 3 is 2.55 bits per heavy atom. The predicted molar refractivity (Wildman–Crippen MR) is 69.1 cm³/mol. The lowest BCUT2D eigenvalue weighted by atomic mass is 10.2. The lowest BCUT2D eigenvalue weighted by molar-refractivity contribution is -0.150. The number of para-hydroxylation sites is 1. The van der Waals surface area contributed by atoms with Gasteiger partial charge in [0, 0.05) is 0 Å². The lowest BCUT2D eigenvalue weighted by Gasteiger charge is -2.16. The van der Waals surface area contributed by atoms with E-state index in [0.29, 0.717) is 0 Å². The third-order valence-electron chi connectivity index (χ3n) is 2.61. The van der Waals surface area contributed by atoms with Gasteiger partial charge in [-0.2, -0.15) is 0 Å². The first-order valence-corrected chi connectivity index (χ1v) is 5.80. The van der Waals surface area contributed by atoms with Gasteiger partial charge in [-0.3, -0.25) is 4.79 Å². The van der Waals surface area contributed by atoms with Crippen molar-refractivity contribution in [3.63, 3.8) is 0 Å². The second-order valence-corrected chi connectivity index (χ2v) is 3.90. The molecular weight excluding hydrogens is 262 g/mol. The number of primary amides is 1. The first kappa shape index (κ1) is 13.7. The minimum Gasteiger partial charge on any atom is -0.470 e. The molecule has 2 aromatic rings. The van der Waals surface area contributed by atoms with Crippen LogP contribution in [0, 0.1) is 0 Å². The summed E-state index contributed by atoms with van der Waals surface area (Å²) in [4.78, 5) is 23.1. The van der Waals surface area contributed by atoms with Gasteiger partial charge in [-0.05, 0) is 24.3 Å². The van der Waals surface area contributed by atoms with Crippen LogP contribution < -0.4 is 10.5 Å². The average Bonchev–Trinajstić information content (AvgIpc) is 2.98. The van der Waals surface area contributed by atoms with Crippen LogP contribution in [0.15, 0.2) is 47.1 Å². The lowest BCUT2D eigenvalue weighted by Crippen LogP contribution is -2.21. The molecule has 1 aromatic carbocycles. The molecule has 6 heteroatoms. The van der Waals surface area contributed by atoms with E-state index in [1.807, 2.05) is 0 Å². The summed E-state index contributed by atoms with van der Waals surface area (Å²) < 4.78 is 15.4. The summed E-state index contributed by atoms with van der Waals surface area (Å²) in [5.74, 6) is -0.828. The smallest absolute Gasteiger partial charge is 0.355 e. The molecule has 0 saturated heterocycles. The average molecular weight is 275 g/mol. The number of benzene rings is 1. The second kappa shape index (κ2) is 5.92. The van der Waals surface area contributed by atoms with Crippen LogP contribution in [0.1, 0.15) is 22.2 Å². The van der Waals surface area contributed by atoms with Gasteiger partial charge >= 0.3 is 5.97 Å². The molecule has 1 aromatic heterocycles. The Balaban J connectivity index is 2.34. The maximum atomic E-state index is 11.8. The van der Waals surface area contributed by atoms with Crippen LogP contribution in [-0.2, 0) is 9.53 Å². The van der Waals surface area contributed by atoms with E-state index in [4.69, 9.17) is 14.9 Å². The summed E-state index contributed by atoms with van der Waals surface area (Å²) in [7, 11) is 1.24. The number of hydrogen-bond acceptors (Lipinski definition) is 5. The van der Waals surface area contributed by atoms with Crippen molar-refractivity contribution in [2.75, 3.05) is 7.11 Å². The van der Waals surface area contributed by atoms with Crippen LogP contribution in [-0.4, -0.2) is 19.0 Å². The van der Waals surface area contributed by atoms with E-state index in [0.717, 1.165) is 0 Å². The molecule has 20 heavy (non-hydrogen) atoms. The molecule has 104 valence electrons. The first-order chi connectivity index (χ1) is 9.63. The topological polar surface area (TPSA) is 91.8 Å². The van der Waals surface area contributed by atoms with E-state index in [9.17, 15) is 9.59 Å². The quantitative estimate of drug-likeness (QED) is 0.838. The molecule has 1 unspecified atom stereocenters. The summed E-state index contributed by atoms with van der Waals surface area (Å²) in [6.07, 6.45) is 0.310. The molecule has 1 atom stereocenters. The Labute approximate surface area is 115 Å². The third-order valence-corrected chi connectivity index (χ3v) is 2.61. The van der Waals surface area contributed by atoms with Crippen LogP contribution in [0.2, 0.25) is 0 Å². The Morgan fingerprint density at radius 2 is 1.95 bits per heavy atom. The molecule has 0 aliphatic rings. The van der Waals surface area contributed by atoms with Crippen molar-refractivity contribution < 1.29 is 23.5 Å². The number of rotatable bonds is 5. The molecule has 0 saturated carbocycles. The fourth-order valence-corrected chi connectivity index (χ4v) is 1.67. The van der Waals surface area contributed by atoms with Crippen LogP contribution >= 0.6 is 0 Å². The fourth-order valence-electron chi connectivity index (χ4n) is 1.67. The van der Waals surface area contributed by atoms with Gasteiger partial charge in [0.25, 0.3) is 12.0 Å². The highest BCUT2D eigenvalue weighted by Gasteiger charge is 2.27. The third kappa shape index (κ3) is 2.80. The van der Waals surface area contributed by atoms with Crippen molar-refractivity contribution in [3.8, 4) is 5.75 Å². The zero-order chi connectivity index (χ0) is 14.5. The SMILES string of the molecule is COC(=O)C(Oc1ccccc1C(N)=O)c1ccco1. The number of carbonyl (C=O) groups is 2. The summed E-state index contributed by atoms with van der Waals surface area (Å²) in [5, 5.41) is 0. The molecule has 6 nitrogen and oxygen atoms in total. The number of amides is 1. The number of esters is 1. The van der Waals surface area contributed by atoms with Gasteiger partial charge in [0.15, 0.2) is 5.76 Å². The van der Waals surface area contributed by atoms with E-state index in [-0.39, 0.29) is 17.1 Å². The van der Waals surface area contributed by atoms with Crippen molar-refractivity contribution in [2.24, 2.45) is 5.73 Å². The number of furan rings is 1. The van der Waals surface area contributed by atoms with Crippen molar-refractivity contribution in [2.45, 2.75) is 6.10 Å². The highest BCUT2D eigenvalue weighted by Crippen LogP contribution is 2.26. The van der Waals surface area contributed by atoms with Crippen LogP contribution in [0.4, 0.5) is 0 Å². The van der Waals surface area contributed by atoms with Crippen molar-refractivity contribution >= 4 is 11.9 Å². The Bertz CT molecular complexity index is 606. The molecule has 1 heterocycles.